The fourth-order valence-electron chi connectivity index (χ4n) is 4.54. The highest BCUT2D eigenvalue weighted by Gasteiger charge is 2.34. The number of benzene rings is 3. The zero-order chi connectivity index (χ0) is 19.4. The van der Waals surface area contributed by atoms with E-state index in [1.54, 1.807) is 12.2 Å². The Morgan fingerprint density at radius 2 is 1.04 bits per heavy atom. The summed E-state index contributed by atoms with van der Waals surface area (Å²) in [5.74, 6) is -0.247. The molecule has 2 aliphatic carbocycles. The summed E-state index contributed by atoms with van der Waals surface area (Å²) in [4.78, 5) is 0. The molecule has 0 radical (unpaired) electrons. The molecule has 2 aliphatic rings. The van der Waals surface area contributed by atoms with E-state index in [9.17, 15) is 15.3 Å². The van der Waals surface area contributed by atoms with Gasteiger partial charge < -0.3 is 15.3 Å². The Labute approximate surface area is 163 Å². The van der Waals surface area contributed by atoms with Crippen LogP contribution in [-0.2, 0) is 0 Å². The van der Waals surface area contributed by atoms with Gasteiger partial charge in [0.2, 0.25) is 0 Å². The van der Waals surface area contributed by atoms with Gasteiger partial charge in [-0.15, -0.1) is 0 Å². The van der Waals surface area contributed by atoms with Crippen LogP contribution in [0.3, 0.4) is 0 Å². The van der Waals surface area contributed by atoms with Crippen LogP contribution in [0.25, 0.3) is 12.2 Å². The van der Waals surface area contributed by atoms with Gasteiger partial charge in [-0.25, -0.2) is 0 Å². The molecule has 0 saturated heterocycles. The van der Waals surface area contributed by atoms with Crippen LogP contribution in [0.2, 0.25) is 0 Å². The first-order chi connectivity index (χ1) is 13.5. The zero-order valence-corrected chi connectivity index (χ0v) is 15.4. The van der Waals surface area contributed by atoms with Crippen molar-refractivity contribution in [2.75, 3.05) is 0 Å². The van der Waals surface area contributed by atoms with E-state index >= 15 is 0 Å². The minimum absolute atomic E-state index is 0.119. The van der Waals surface area contributed by atoms with Crippen LogP contribution in [0.1, 0.15) is 50.8 Å². The molecule has 5 rings (SSSR count). The molecular weight excluding hydrogens is 348 g/mol. The normalized spacial score (nSPS) is 19.8. The minimum atomic E-state index is -0.405. The molecule has 28 heavy (non-hydrogen) atoms. The molecule has 3 aromatic rings. The second-order valence-electron chi connectivity index (χ2n) is 7.55. The Morgan fingerprint density at radius 3 is 1.50 bits per heavy atom. The Bertz CT molecular complexity index is 1080. The van der Waals surface area contributed by atoms with Crippen molar-refractivity contribution in [2.45, 2.75) is 18.8 Å². The number of phenolic OH excluding ortho intramolecular Hbond substituents is 1. The molecule has 0 bridgehead atoms. The van der Waals surface area contributed by atoms with Crippen molar-refractivity contribution in [3.05, 3.63) is 111 Å². The Morgan fingerprint density at radius 1 is 0.607 bits per heavy atom. The van der Waals surface area contributed by atoms with Crippen molar-refractivity contribution in [3.8, 4) is 5.75 Å². The molecule has 2 unspecified atom stereocenters. The summed E-state index contributed by atoms with van der Waals surface area (Å²) in [6, 6.07) is 19.4. The van der Waals surface area contributed by atoms with Gasteiger partial charge in [0.1, 0.15) is 17.3 Å². The van der Waals surface area contributed by atoms with Gasteiger partial charge in [-0.05, 0) is 41.3 Å². The van der Waals surface area contributed by atoms with Gasteiger partial charge in [0, 0.05) is 11.1 Å². The summed E-state index contributed by atoms with van der Waals surface area (Å²) in [5.41, 5.74) is 6.15. The first kappa shape index (κ1) is 16.7. The number of rotatable bonds is 2. The summed E-state index contributed by atoms with van der Waals surface area (Å²) in [6.07, 6.45) is 3.51. The summed E-state index contributed by atoms with van der Waals surface area (Å²) in [6.45, 7) is 1.97. The van der Waals surface area contributed by atoms with E-state index in [0.29, 0.717) is 11.1 Å². The van der Waals surface area contributed by atoms with Crippen LogP contribution < -0.4 is 0 Å². The van der Waals surface area contributed by atoms with Gasteiger partial charge in [0.25, 0.3) is 0 Å². The lowest BCUT2D eigenvalue weighted by molar-refractivity contribution is 0.378. The summed E-state index contributed by atoms with van der Waals surface area (Å²) < 4.78 is 0. The van der Waals surface area contributed by atoms with Crippen molar-refractivity contribution in [1.82, 2.24) is 0 Å². The smallest absolute Gasteiger partial charge is 0.124 e. The molecule has 138 valence electrons. The number of aromatic hydroxyl groups is 1. The number of aliphatic hydroxyl groups excluding tert-OH is 2. The molecule has 3 aromatic carbocycles. The first-order valence-corrected chi connectivity index (χ1v) is 9.37. The van der Waals surface area contributed by atoms with Crippen LogP contribution in [0.5, 0.6) is 5.75 Å². The maximum Gasteiger partial charge on any atom is 0.124 e. The molecule has 0 spiro atoms. The standard InChI is InChI=1S/C25H20O3/c1-14-10-19(23-17-8-4-2-6-15(17)12-21(23)26)25(28)20(11-14)24-18-9-5-3-7-16(18)13-22(24)27/h2-13,23-24,26-28H,1H3. The number of fused-ring (bicyclic) bond motifs is 2. The fourth-order valence-corrected chi connectivity index (χ4v) is 4.54. The average Bonchev–Trinajstić information content (AvgIpc) is 3.18. The van der Waals surface area contributed by atoms with E-state index in [4.69, 9.17) is 0 Å². The predicted molar refractivity (Wildman–Crippen MR) is 111 cm³/mol. The maximum absolute atomic E-state index is 11.2. The largest absolute Gasteiger partial charge is 0.511 e. The van der Waals surface area contributed by atoms with E-state index in [1.807, 2.05) is 67.6 Å². The van der Waals surface area contributed by atoms with E-state index in [1.165, 1.54) is 0 Å². The summed E-state index contributed by atoms with van der Waals surface area (Å²) in [7, 11) is 0. The SMILES string of the molecule is Cc1cc(C2C(O)=Cc3ccccc32)c(O)c(C2C(O)=Cc3ccccc32)c1. The van der Waals surface area contributed by atoms with Gasteiger partial charge in [0.15, 0.2) is 0 Å². The van der Waals surface area contributed by atoms with Crippen LogP contribution in [0.4, 0.5) is 0 Å². The van der Waals surface area contributed by atoms with E-state index in [0.717, 1.165) is 27.8 Å². The van der Waals surface area contributed by atoms with Gasteiger partial charge >= 0.3 is 0 Å². The third kappa shape index (κ3) is 2.36. The second-order valence-corrected chi connectivity index (χ2v) is 7.55. The maximum atomic E-state index is 11.2. The number of aliphatic hydroxyl groups is 2. The lowest BCUT2D eigenvalue weighted by atomic mass is 9.84. The molecule has 3 nitrogen and oxygen atoms in total. The van der Waals surface area contributed by atoms with Crippen molar-refractivity contribution in [1.29, 1.82) is 0 Å². The van der Waals surface area contributed by atoms with Crippen molar-refractivity contribution in [3.63, 3.8) is 0 Å². The molecule has 3 N–H and O–H groups in total. The summed E-state index contributed by atoms with van der Waals surface area (Å²) >= 11 is 0. The Balaban J connectivity index is 1.69. The minimum Gasteiger partial charge on any atom is -0.511 e. The zero-order valence-electron chi connectivity index (χ0n) is 15.4. The van der Waals surface area contributed by atoms with Crippen molar-refractivity contribution < 1.29 is 15.3 Å². The fraction of sp³-hybridized carbons (Fsp3) is 0.120. The molecule has 2 atom stereocenters. The van der Waals surface area contributed by atoms with Gasteiger partial charge in [-0.2, -0.15) is 0 Å². The van der Waals surface area contributed by atoms with E-state index in [-0.39, 0.29) is 17.3 Å². The Kier molecular flexibility index (Phi) is 3.59. The molecular formula is C25H20O3. The summed E-state index contributed by atoms with van der Waals surface area (Å²) in [5, 5.41) is 32.5. The van der Waals surface area contributed by atoms with Crippen molar-refractivity contribution >= 4 is 12.2 Å². The molecule has 0 aliphatic heterocycles. The number of hydrogen-bond donors (Lipinski definition) is 3. The second kappa shape index (κ2) is 6.03. The Hall–Kier alpha value is -3.46. The quantitative estimate of drug-likeness (QED) is 0.536. The highest BCUT2D eigenvalue weighted by molar-refractivity contribution is 5.72. The van der Waals surface area contributed by atoms with Crippen LogP contribution >= 0.6 is 0 Å². The molecule has 0 aromatic heterocycles. The average molecular weight is 368 g/mol. The third-order valence-electron chi connectivity index (χ3n) is 5.75. The van der Waals surface area contributed by atoms with Gasteiger partial charge in [-0.1, -0.05) is 66.2 Å². The molecule has 0 saturated carbocycles. The monoisotopic (exact) mass is 368 g/mol. The van der Waals surface area contributed by atoms with Crippen molar-refractivity contribution in [2.24, 2.45) is 0 Å². The van der Waals surface area contributed by atoms with E-state index in [2.05, 4.69) is 0 Å². The lowest BCUT2D eigenvalue weighted by Gasteiger charge is -2.22. The highest BCUT2D eigenvalue weighted by Crippen LogP contribution is 2.48. The molecule has 0 amide bonds. The molecule has 0 heterocycles. The van der Waals surface area contributed by atoms with E-state index < -0.39 is 11.8 Å². The van der Waals surface area contributed by atoms with Gasteiger partial charge in [0.05, 0.1) is 11.8 Å². The lowest BCUT2D eigenvalue weighted by Crippen LogP contribution is -2.07. The van der Waals surface area contributed by atoms with Crippen LogP contribution in [0.15, 0.2) is 72.2 Å². The topological polar surface area (TPSA) is 60.7 Å². The van der Waals surface area contributed by atoms with Gasteiger partial charge in [-0.3, -0.25) is 0 Å². The van der Waals surface area contributed by atoms with Crippen LogP contribution in [0, 0.1) is 6.92 Å². The molecule has 0 fully saturated rings. The number of hydrogen-bond acceptors (Lipinski definition) is 3. The highest BCUT2D eigenvalue weighted by atomic mass is 16.3. The number of allylic oxidation sites excluding steroid dienone is 2. The predicted octanol–water partition coefficient (Wildman–Crippen LogP) is 5.79. The number of aryl methyl sites for hydroxylation is 1. The third-order valence-corrected chi connectivity index (χ3v) is 5.75. The number of phenols is 1. The van der Waals surface area contributed by atoms with Crippen LogP contribution in [-0.4, -0.2) is 15.3 Å². The first-order valence-electron chi connectivity index (χ1n) is 9.37. The molecule has 3 heteroatoms.